The molecule has 1 saturated heterocycles. The Bertz CT molecular complexity index is 1380. The van der Waals surface area contributed by atoms with Crippen LogP contribution in [0.15, 0.2) is 33.9 Å². The van der Waals surface area contributed by atoms with E-state index in [1.165, 1.54) is 37.0 Å². The van der Waals surface area contributed by atoms with Crippen LogP contribution < -0.4 is 35.5 Å². The van der Waals surface area contributed by atoms with Crippen molar-refractivity contribution in [3.8, 4) is 23.0 Å². The molecule has 3 atom stereocenters. The molecule has 2 aromatic carbocycles. The molecule has 5 rings (SSSR count). The normalized spacial score (nSPS) is 20.9. The first-order valence-corrected chi connectivity index (χ1v) is 11.9. The van der Waals surface area contributed by atoms with Crippen LogP contribution in [0.2, 0.25) is 0 Å². The number of aromatic nitrogens is 2. The summed E-state index contributed by atoms with van der Waals surface area (Å²) >= 11 is 0. The van der Waals surface area contributed by atoms with Gasteiger partial charge >= 0.3 is 5.69 Å². The zero-order chi connectivity index (χ0) is 24.7. The standard InChI is InChI=1S/C26H31N3O6/c1-32-20-7-5-6-14-16(20)9-8-15-18(14)13-27-19(15)10-11-29-25(30)17-12-21(33-2)23(34-3)24(35-4)22(17)28-26(29)31/h5-7,12,15,18-19,27H,8-11,13H2,1-4H3,(H,28,31)/t15-,18-,19?/m0/s1. The molecule has 35 heavy (non-hydrogen) atoms. The molecule has 9 nitrogen and oxygen atoms in total. The molecule has 1 unspecified atom stereocenters. The van der Waals surface area contributed by atoms with Gasteiger partial charge in [-0.3, -0.25) is 9.36 Å². The molecule has 186 valence electrons. The monoisotopic (exact) mass is 481 g/mol. The van der Waals surface area contributed by atoms with Crippen LogP contribution in [-0.2, 0) is 13.0 Å². The molecule has 2 heterocycles. The first-order chi connectivity index (χ1) is 17.0. The number of nitrogens with zero attached hydrogens (tertiary/aromatic N) is 1. The summed E-state index contributed by atoms with van der Waals surface area (Å²) in [5.74, 6) is 2.77. The second kappa shape index (κ2) is 9.30. The Morgan fingerprint density at radius 1 is 1.00 bits per heavy atom. The fraction of sp³-hybridized carbons (Fsp3) is 0.462. The van der Waals surface area contributed by atoms with Crippen LogP contribution in [0.4, 0.5) is 0 Å². The molecule has 1 fully saturated rings. The third kappa shape index (κ3) is 3.74. The molecule has 0 amide bonds. The van der Waals surface area contributed by atoms with Crippen molar-refractivity contribution in [1.29, 1.82) is 0 Å². The van der Waals surface area contributed by atoms with E-state index in [-0.39, 0.29) is 17.4 Å². The van der Waals surface area contributed by atoms with E-state index in [0.717, 1.165) is 25.1 Å². The third-order valence-corrected chi connectivity index (χ3v) is 7.60. The number of methoxy groups -OCH3 is 4. The summed E-state index contributed by atoms with van der Waals surface area (Å²) in [6.07, 6.45) is 2.70. The summed E-state index contributed by atoms with van der Waals surface area (Å²) in [6.45, 7) is 1.19. The number of H-pyrrole nitrogens is 1. The lowest BCUT2D eigenvalue weighted by atomic mass is 9.74. The summed E-state index contributed by atoms with van der Waals surface area (Å²) in [4.78, 5) is 29.1. The zero-order valence-electron chi connectivity index (χ0n) is 20.5. The fourth-order valence-corrected chi connectivity index (χ4v) is 5.95. The van der Waals surface area contributed by atoms with Gasteiger partial charge in [-0.1, -0.05) is 12.1 Å². The lowest BCUT2D eigenvalue weighted by Crippen LogP contribution is -2.38. The van der Waals surface area contributed by atoms with Crippen LogP contribution in [0.3, 0.4) is 0 Å². The van der Waals surface area contributed by atoms with Crippen LogP contribution in [-0.4, -0.2) is 50.6 Å². The van der Waals surface area contributed by atoms with Crippen LogP contribution >= 0.6 is 0 Å². The predicted molar refractivity (Wildman–Crippen MR) is 132 cm³/mol. The number of benzene rings is 2. The van der Waals surface area contributed by atoms with Gasteiger partial charge in [0.05, 0.1) is 33.8 Å². The first kappa shape index (κ1) is 23.3. The van der Waals surface area contributed by atoms with Gasteiger partial charge in [0, 0.05) is 25.0 Å². The van der Waals surface area contributed by atoms with Crippen molar-refractivity contribution in [2.75, 3.05) is 35.0 Å². The van der Waals surface area contributed by atoms with E-state index < -0.39 is 5.69 Å². The quantitative estimate of drug-likeness (QED) is 0.534. The van der Waals surface area contributed by atoms with Crippen molar-refractivity contribution in [3.63, 3.8) is 0 Å². The lowest BCUT2D eigenvalue weighted by Gasteiger charge is -2.31. The summed E-state index contributed by atoms with van der Waals surface area (Å²) in [6, 6.07) is 8.09. The first-order valence-electron chi connectivity index (χ1n) is 11.9. The SMILES string of the molecule is COc1cccc2c1CC[C@@H]1C(CCn3c(=O)[nH]c4c(OC)c(OC)c(OC)cc4c3=O)NC[C@@H]21. The third-order valence-electron chi connectivity index (χ3n) is 7.60. The minimum atomic E-state index is -0.471. The molecule has 0 bridgehead atoms. The van der Waals surface area contributed by atoms with Gasteiger partial charge in [0.1, 0.15) is 11.3 Å². The highest BCUT2D eigenvalue weighted by atomic mass is 16.5. The Morgan fingerprint density at radius 3 is 2.49 bits per heavy atom. The summed E-state index contributed by atoms with van der Waals surface area (Å²) in [5, 5.41) is 3.96. The van der Waals surface area contributed by atoms with Gasteiger partial charge in [-0.15, -0.1) is 0 Å². The predicted octanol–water partition coefficient (Wildman–Crippen LogP) is 2.43. The van der Waals surface area contributed by atoms with E-state index in [2.05, 4.69) is 22.4 Å². The molecule has 9 heteroatoms. The smallest absolute Gasteiger partial charge is 0.328 e. The van der Waals surface area contributed by atoms with E-state index in [1.54, 1.807) is 13.2 Å². The number of hydrogen-bond acceptors (Lipinski definition) is 7. The Kier molecular flexibility index (Phi) is 6.19. The van der Waals surface area contributed by atoms with Gasteiger partial charge in [-0.2, -0.15) is 0 Å². The highest BCUT2D eigenvalue weighted by Gasteiger charge is 2.40. The molecule has 1 aromatic heterocycles. The van der Waals surface area contributed by atoms with Crippen LogP contribution in [0.25, 0.3) is 10.9 Å². The summed E-state index contributed by atoms with van der Waals surface area (Å²) in [7, 11) is 6.15. The number of ether oxygens (including phenoxy) is 4. The minimum Gasteiger partial charge on any atom is -0.496 e. The van der Waals surface area contributed by atoms with Gasteiger partial charge in [0.25, 0.3) is 5.56 Å². The Labute approximate surface area is 203 Å². The molecule has 2 N–H and O–H groups in total. The average molecular weight is 482 g/mol. The van der Waals surface area contributed by atoms with Crippen LogP contribution in [0.1, 0.15) is 29.9 Å². The second-order valence-electron chi connectivity index (χ2n) is 9.10. The number of nitrogens with one attached hydrogen (secondary N) is 2. The molecule has 1 aliphatic carbocycles. The highest BCUT2D eigenvalue weighted by molar-refractivity contribution is 5.89. The van der Waals surface area contributed by atoms with E-state index in [4.69, 9.17) is 18.9 Å². The Balaban J connectivity index is 1.43. The number of rotatable bonds is 7. The van der Waals surface area contributed by atoms with Crippen molar-refractivity contribution in [2.45, 2.75) is 37.8 Å². The maximum absolute atomic E-state index is 13.4. The molecule has 0 saturated carbocycles. The van der Waals surface area contributed by atoms with E-state index >= 15 is 0 Å². The average Bonchev–Trinajstić information content (AvgIpc) is 3.30. The molecular formula is C26H31N3O6. The number of hydrogen-bond donors (Lipinski definition) is 2. The van der Waals surface area contributed by atoms with Gasteiger partial charge in [0.2, 0.25) is 5.75 Å². The zero-order valence-corrected chi connectivity index (χ0v) is 20.5. The van der Waals surface area contributed by atoms with Gasteiger partial charge < -0.3 is 29.2 Å². The van der Waals surface area contributed by atoms with E-state index in [9.17, 15) is 9.59 Å². The molecule has 0 spiro atoms. The summed E-state index contributed by atoms with van der Waals surface area (Å²) < 4.78 is 23.1. The number of aromatic amines is 1. The maximum Gasteiger partial charge on any atom is 0.328 e. The Morgan fingerprint density at radius 2 is 1.77 bits per heavy atom. The van der Waals surface area contributed by atoms with Gasteiger partial charge in [-0.25, -0.2) is 4.79 Å². The van der Waals surface area contributed by atoms with Gasteiger partial charge in [0.15, 0.2) is 11.5 Å². The summed E-state index contributed by atoms with van der Waals surface area (Å²) in [5.41, 5.74) is 2.11. The molecule has 0 radical (unpaired) electrons. The lowest BCUT2D eigenvalue weighted by molar-refractivity contribution is 0.326. The van der Waals surface area contributed by atoms with Crippen molar-refractivity contribution in [1.82, 2.24) is 14.9 Å². The molecule has 1 aliphatic heterocycles. The maximum atomic E-state index is 13.4. The topological polar surface area (TPSA) is 104 Å². The van der Waals surface area contributed by atoms with Crippen LogP contribution in [0, 0.1) is 5.92 Å². The van der Waals surface area contributed by atoms with Gasteiger partial charge in [-0.05, 0) is 48.4 Å². The minimum absolute atomic E-state index is 0.223. The highest BCUT2D eigenvalue weighted by Crippen LogP contribution is 2.45. The number of fused-ring (bicyclic) bond motifs is 4. The van der Waals surface area contributed by atoms with E-state index in [1.807, 2.05) is 6.07 Å². The van der Waals surface area contributed by atoms with E-state index in [0.29, 0.717) is 47.2 Å². The largest absolute Gasteiger partial charge is 0.496 e. The molecule has 3 aromatic rings. The van der Waals surface area contributed by atoms with Crippen molar-refractivity contribution in [2.24, 2.45) is 5.92 Å². The fourth-order valence-electron chi connectivity index (χ4n) is 5.95. The molecule has 2 aliphatic rings. The molecular weight excluding hydrogens is 450 g/mol. The second-order valence-corrected chi connectivity index (χ2v) is 9.10. The van der Waals surface area contributed by atoms with Crippen molar-refractivity contribution < 1.29 is 18.9 Å². The van der Waals surface area contributed by atoms with Crippen molar-refractivity contribution >= 4 is 10.9 Å². The Hall–Kier alpha value is -3.46. The van der Waals surface area contributed by atoms with Crippen LogP contribution in [0.5, 0.6) is 23.0 Å². The van der Waals surface area contributed by atoms with Crippen molar-refractivity contribution in [3.05, 3.63) is 56.2 Å².